The number of nitrogen functional groups attached to an aromatic ring is 1. The molecule has 2 N–H and O–H groups in total. The Morgan fingerprint density at radius 2 is 1.90 bits per heavy atom. The van der Waals surface area contributed by atoms with Gasteiger partial charge in [-0.15, -0.1) is 0 Å². The molecule has 106 valence electrons. The van der Waals surface area contributed by atoms with E-state index in [2.05, 4.69) is 10.1 Å². The van der Waals surface area contributed by atoms with Crippen molar-refractivity contribution in [3.8, 4) is 11.5 Å². The molecular weight excluding hydrogens is 286 g/mol. The summed E-state index contributed by atoms with van der Waals surface area (Å²) in [5.74, 6) is 1.06. The van der Waals surface area contributed by atoms with Crippen LogP contribution in [0.4, 0.5) is 5.69 Å². The summed E-state index contributed by atoms with van der Waals surface area (Å²) in [4.78, 5) is 4.41. The SMILES string of the molecule is Cc1cccc(-c2nc(Cc3ccc(Cl)cc3)no2)c1N. The second-order valence-electron chi connectivity index (χ2n) is 4.86. The lowest BCUT2D eigenvalue weighted by atomic mass is 10.1. The Morgan fingerprint density at radius 3 is 2.67 bits per heavy atom. The van der Waals surface area contributed by atoms with Crippen LogP contribution in [0.3, 0.4) is 0 Å². The molecule has 0 bridgehead atoms. The van der Waals surface area contributed by atoms with Crippen LogP contribution >= 0.6 is 11.6 Å². The van der Waals surface area contributed by atoms with E-state index in [0.717, 1.165) is 16.7 Å². The van der Waals surface area contributed by atoms with E-state index in [1.165, 1.54) is 0 Å². The van der Waals surface area contributed by atoms with E-state index in [1.54, 1.807) is 0 Å². The zero-order valence-corrected chi connectivity index (χ0v) is 12.3. The number of hydrogen-bond acceptors (Lipinski definition) is 4. The van der Waals surface area contributed by atoms with E-state index in [0.29, 0.717) is 28.8 Å². The third kappa shape index (κ3) is 2.90. The molecule has 0 spiro atoms. The molecule has 4 nitrogen and oxygen atoms in total. The van der Waals surface area contributed by atoms with Crippen molar-refractivity contribution in [1.82, 2.24) is 10.1 Å². The van der Waals surface area contributed by atoms with Gasteiger partial charge in [-0.25, -0.2) is 0 Å². The van der Waals surface area contributed by atoms with E-state index in [9.17, 15) is 0 Å². The number of benzene rings is 2. The van der Waals surface area contributed by atoms with E-state index >= 15 is 0 Å². The zero-order chi connectivity index (χ0) is 14.8. The van der Waals surface area contributed by atoms with Gasteiger partial charge in [0, 0.05) is 17.1 Å². The quantitative estimate of drug-likeness (QED) is 0.746. The molecule has 0 unspecified atom stereocenters. The van der Waals surface area contributed by atoms with Crippen LogP contribution in [0.5, 0.6) is 0 Å². The number of aryl methyl sites for hydroxylation is 1. The first-order valence-corrected chi connectivity index (χ1v) is 6.94. The molecule has 3 rings (SSSR count). The van der Waals surface area contributed by atoms with Gasteiger partial charge in [-0.2, -0.15) is 4.98 Å². The van der Waals surface area contributed by atoms with Crippen molar-refractivity contribution >= 4 is 17.3 Å². The number of aromatic nitrogens is 2. The van der Waals surface area contributed by atoms with Crippen molar-refractivity contribution in [2.45, 2.75) is 13.3 Å². The molecule has 0 radical (unpaired) electrons. The first kappa shape index (κ1) is 13.6. The molecule has 0 saturated heterocycles. The molecule has 21 heavy (non-hydrogen) atoms. The fraction of sp³-hybridized carbons (Fsp3) is 0.125. The Bertz CT molecular complexity index is 765. The van der Waals surface area contributed by atoms with Gasteiger partial charge < -0.3 is 10.3 Å². The standard InChI is InChI=1S/C16H14ClN3O/c1-10-3-2-4-13(15(10)18)16-19-14(20-21-16)9-11-5-7-12(17)8-6-11/h2-8H,9,18H2,1H3. The summed E-state index contributed by atoms with van der Waals surface area (Å²) in [6.45, 7) is 1.95. The maximum absolute atomic E-state index is 6.05. The average Bonchev–Trinajstić information content (AvgIpc) is 2.93. The molecule has 3 aromatic rings. The number of nitrogens with two attached hydrogens (primary N) is 1. The maximum atomic E-state index is 6.05. The monoisotopic (exact) mass is 299 g/mol. The smallest absolute Gasteiger partial charge is 0.260 e. The minimum Gasteiger partial charge on any atom is -0.398 e. The molecule has 0 aliphatic heterocycles. The lowest BCUT2D eigenvalue weighted by Crippen LogP contribution is -1.94. The van der Waals surface area contributed by atoms with Crippen LogP contribution in [0.15, 0.2) is 47.0 Å². The molecule has 0 aliphatic carbocycles. The molecule has 0 atom stereocenters. The molecule has 2 aromatic carbocycles. The third-order valence-corrected chi connectivity index (χ3v) is 3.55. The Hall–Kier alpha value is -2.33. The lowest BCUT2D eigenvalue weighted by molar-refractivity contribution is 0.424. The first-order chi connectivity index (χ1) is 10.1. The first-order valence-electron chi connectivity index (χ1n) is 6.56. The Morgan fingerprint density at radius 1 is 1.14 bits per heavy atom. The van der Waals surface area contributed by atoms with Gasteiger partial charge in [-0.05, 0) is 36.2 Å². The van der Waals surface area contributed by atoms with Crippen LogP contribution in [0.1, 0.15) is 17.0 Å². The summed E-state index contributed by atoms with van der Waals surface area (Å²) < 4.78 is 5.32. The molecule has 0 amide bonds. The third-order valence-electron chi connectivity index (χ3n) is 3.30. The molecule has 0 saturated carbocycles. The van der Waals surface area contributed by atoms with E-state index in [1.807, 2.05) is 49.4 Å². The van der Waals surface area contributed by atoms with Gasteiger partial charge >= 0.3 is 0 Å². The minimum atomic E-state index is 0.445. The number of hydrogen-bond donors (Lipinski definition) is 1. The predicted molar refractivity (Wildman–Crippen MR) is 83.1 cm³/mol. The normalized spacial score (nSPS) is 10.8. The van der Waals surface area contributed by atoms with Crippen LogP contribution in [-0.4, -0.2) is 10.1 Å². The van der Waals surface area contributed by atoms with Crippen LogP contribution < -0.4 is 5.73 Å². The second kappa shape index (κ2) is 5.58. The number of anilines is 1. The van der Waals surface area contributed by atoms with Crippen molar-refractivity contribution < 1.29 is 4.52 Å². The topological polar surface area (TPSA) is 64.9 Å². The van der Waals surface area contributed by atoms with E-state index < -0.39 is 0 Å². The highest BCUT2D eigenvalue weighted by atomic mass is 35.5. The fourth-order valence-electron chi connectivity index (χ4n) is 2.09. The highest BCUT2D eigenvalue weighted by Gasteiger charge is 2.13. The molecule has 1 heterocycles. The van der Waals surface area contributed by atoms with Gasteiger partial charge in [0.2, 0.25) is 0 Å². The predicted octanol–water partition coefficient (Wildman–Crippen LogP) is 3.87. The number of halogens is 1. The number of para-hydroxylation sites is 1. The van der Waals surface area contributed by atoms with Gasteiger partial charge in [0.1, 0.15) is 0 Å². The zero-order valence-electron chi connectivity index (χ0n) is 11.5. The summed E-state index contributed by atoms with van der Waals surface area (Å²) in [6, 6.07) is 13.3. The van der Waals surface area contributed by atoms with Crippen molar-refractivity contribution in [2.24, 2.45) is 0 Å². The average molecular weight is 300 g/mol. The van der Waals surface area contributed by atoms with Crippen LogP contribution in [0.25, 0.3) is 11.5 Å². The van der Waals surface area contributed by atoms with Crippen LogP contribution in [0, 0.1) is 6.92 Å². The van der Waals surface area contributed by atoms with Gasteiger partial charge in [-0.3, -0.25) is 0 Å². The molecule has 1 aromatic heterocycles. The summed E-state index contributed by atoms with van der Waals surface area (Å²) in [6.07, 6.45) is 0.590. The fourth-order valence-corrected chi connectivity index (χ4v) is 2.21. The van der Waals surface area contributed by atoms with Gasteiger partial charge in [0.25, 0.3) is 5.89 Å². The maximum Gasteiger partial charge on any atom is 0.260 e. The Labute approximate surface area is 127 Å². The molecule has 5 heteroatoms. The van der Waals surface area contributed by atoms with E-state index in [-0.39, 0.29) is 0 Å². The van der Waals surface area contributed by atoms with Crippen molar-refractivity contribution in [3.05, 3.63) is 64.4 Å². The Balaban J connectivity index is 1.86. The number of nitrogens with zero attached hydrogens (tertiary/aromatic N) is 2. The summed E-state index contributed by atoms with van der Waals surface area (Å²) in [5.41, 5.74) is 9.55. The van der Waals surface area contributed by atoms with Crippen molar-refractivity contribution in [2.75, 3.05) is 5.73 Å². The number of rotatable bonds is 3. The largest absolute Gasteiger partial charge is 0.398 e. The molecule has 0 fully saturated rings. The summed E-state index contributed by atoms with van der Waals surface area (Å²) >= 11 is 5.87. The van der Waals surface area contributed by atoms with E-state index in [4.69, 9.17) is 21.9 Å². The Kier molecular flexibility index (Phi) is 3.62. The second-order valence-corrected chi connectivity index (χ2v) is 5.29. The van der Waals surface area contributed by atoms with Crippen LogP contribution in [0.2, 0.25) is 5.02 Å². The van der Waals surface area contributed by atoms with Crippen LogP contribution in [-0.2, 0) is 6.42 Å². The highest BCUT2D eigenvalue weighted by molar-refractivity contribution is 6.30. The lowest BCUT2D eigenvalue weighted by Gasteiger charge is -2.03. The van der Waals surface area contributed by atoms with Gasteiger partial charge in [0.05, 0.1) is 5.56 Å². The van der Waals surface area contributed by atoms with Gasteiger partial charge in [0.15, 0.2) is 5.82 Å². The molecular formula is C16H14ClN3O. The summed E-state index contributed by atoms with van der Waals surface area (Å²) in [7, 11) is 0. The van der Waals surface area contributed by atoms with Crippen molar-refractivity contribution in [3.63, 3.8) is 0 Å². The van der Waals surface area contributed by atoms with Gasteiger partial charge in [-0.1, -0.05) is 41.0 Å². The molecule has 0 aliphatic rings. The van der Waals surface area contributed by atoms with Crippen molar-refractivity contribution in [1.29, 1.82) is 0 Å². The highest BCUT2D eigenvalue weighted by Crippen LogP contribution is 2.27. The summed E-state index contributed by atoms with van der Waals surface area (Å²) in [5, 5.41) is 4.71. The minimum absolute atomic E-state index is 0.445.